The van der Waals surface area contributed by atoms with Gasteiger partial charge >= 0.3 is 0 Å². The molecule has 0 saturated heterocycles. The van der Waals surface area contributed by atoms with E-state index in [9.17, 15) is 4.39 Å². The quantitative estimate of drug-likeness (QED) is 0.165. The fourth-order valence-corrected chi connectivity index (χ4v) is 8.46. The van der Waals surface area contributed by atoms with Crippen molar-refractivity contribution in [1.82, 2.24) is 9.97 Å². The lowest BCUT2D eigenvalue weighted by atomic mass is 9.82. The maximum atomic E-state index is 14.5. The van der Waals surface area contributed by atoms with Gasteiger partial charge in [-0.1, -0.05) is 105 Å². The third kappa shape index (κ3) is 4.45. The minimum atomic E-state index is -0.262. The van der Waals surface area contributed by atoms with Crippen LogP contribution in [-0.2, 0) is 5.41 Å². The van der Waals surface area contributed by atoms with Gasteiger partial charge in [-0.3, -0.25) is 9.88 Å². The minimum Gasteiger partial charge on any atom is -0.309 e. The molecule has 248 valence electrons. The average molecular weight is 673 g/mol. The summed E-state index contributed by atoms with van der Waals surface area (Å²) in [5.41, 5.74) is 9.89. The average Bonchev–Trinajstić information content (AvgIpc) is 3.43. The standard InChI is InChI=1S/C47H33FN4/c1-47(2)38-12-7-6-11-35(38)46-39(47)13-8-14-42(46)51(34-21-19-32(48)20-22-34)40-25-17-30-16-24-37-41(26-18-31-15-23-36(40)44(30)45(31)37)52(33-9-4-3-5-10-33)43-29-49-27-28-50-43/h3-29H,1-2H3. The van der Waals surface area contributed by atoms with Gasteiger partial charge in [0.25, 0.3) is 0 Å². The highest BCUT2D eigenvalue weighted by molar-refractivity contribution is 6.28. The smallest absolute Gasteiger partial charge is 0.156 e. The van der Waals surface area contributed by atoms with Crippen molar-refractivity contribution in [2.75, 3.05) is 9.80 Å². The fraction of sp³-hybridized carbons (Fsp3) is 0.0638. The van der Waals surface area contributed by atoms with Crippen LogP contribution in [0, 0.1) is 5.82 Å². The van der Waals surface area contributed by atoms with E-state index in [0.717, 1.165) is 55.8 Å². The summed E-state index contributed by atoms with van der Waals surface area (Å²) >= 11 is 0. The van der Waals surface area contributed by atoms with Crippen molar-refractivity contribution < 1.29 is 4.39 Å². The van der Waals surface area contributed by atoms with Gasteiger partial charge in [0.15, 0.2) is 5.82 Å². The lowest BCUT2D eigenvalue weighted by molar-refractivity contribution is 0.628. The zero-order chi connectivity index (χ0) is 35.0. The summed E-state index contributed by atoms with van der Waals surface area (Å²) in [4.78, 5) is 13.7. The molecule has 1 aliphatic carbocycles. The summed E-state index contributed by atoms with van der Waals surface area (Å²) in [7, 11) is 0. The SMILES string of the molecule is CC1(C)c2ccccc2-c2c(N(c3ccc(F)cc3)c3ccc4ccc5c(N(c6ccccc6)c6cnccn6)ccc6ccc3c4c65)cccc21. The van der Waals surface area contributed by atoms with Gasteiger partial charge < -0.3 is 4.90 Å². The number of fused-ring (bicyclic) bond motifs is 3. The Kier molecular flexibility index (Phi) is 6.67. The molecule has 8 aromatic carbocycles. The van der Waals surface area contributed by atoms with Crippen molar-refractivity contribution in [3.05, 3.63) is 181 Å². The molecule has 0 N–H and O–H groups in total. The van der Waals surface area contributed by atoms with Crippen molar-refractivity contribution >= 4 is 66.6 Å². The van der Waals surface area contributed by atoms with Gasteiger partial charge in [0.2, 0.25) is 0 Å². The van der Waals surface area contributed by atoms with Gasteiger partial charge in [-0.25, -0.2) is 9.37 Å². The molecule has 0 bridgehead atoms. The second-order valence-corrected chi connectivity index (χ2v) is 14.0. The van der Waals surface area contributed by atoms with E-state index >= 15 is 0 Å². The normalized spacial score (nSPS) is 13.1. The number of nitrogens with zero attached hydrogens (tertiary/aromatic N) is 4. The molecule has 1 aromatic heterocycles. The van der Waals surface area contributed by atoms with Crippen LogP contribution in [-0.4, -0.2) is 9.97 Å². The number of anilines is 6. The summed E-state index contributed by atoms with van der Waals surface area (Å²) in [6, 6.07) is 50.3. The van der Waals surface area contributed by atoms with Gasteiger partial charge in [0.05, 0.1) is 23.3 Å². The highest BCUT2D eigenvalue weighted by Crippen LogP contribution is 2.55. The Labute approximate surface area is 301 Å². The van der Waals surface area contributed by atoms with Crippen LogP contribution in [0.25, 0.3) is 43.4 Å². The molecule has 0 spiro atoms. The summed E-state index contributed by atoms with van der Waals surface area (Å²) in [5, 5.41) is 6.91. The van der Waals surface area contributed by atoms with E-state index in [1.807, 2.05) is 30.3 Å². The summed E-state index contributed by atoms with van der Waals surface area (Å²) < 4.78 is 14.5. The predicted octanol–water partition coefficient (Wildman–Crippen LogP) is 12.8. The second kappa shape index (κ2) is 11.5. The fourth-order valence-electron chi connectivity index (χ4n) is 8.46. The van der Waals surface area contributed by atoms with Crippen molar-refractivity contribution in [2.45, 2.75) is 19.3 Å². The van der Waals surface area contributed by atoms with Crippen LogP contribution in [0.2, 0.25) is 0 Å². The zero-order valence-corrected chi connectivity index (χ0v) is 28.8. The van der Waals surface area contributed by atoms with Gasteiger partial charge in [-0.05, 0) is 92.8 Å². The maximum Gasteiger partial charge on any atom is 0.156 e. The van der Waals surface area contributed by atoms with Crippen LogP contribution in [0.3, 0.4) is 0 Å². The number of halogens is 1. The molecule has 0 saturated carbocycles. The van der Waals surface area contributed by atoms with E-state index in [4.69, 9.17) is 4.98 Å². The van der Waals surface area contributed by atoms with Crippen LogP contribution >= 0.6 is 0 Å². The van der Waals surface area contributed by atoms with Crippen molar-refractivity contribution in [3.8, 4) is 11.1 Å². The Bertz CT molecular complexity index is 2740. The largest absolute Gasteiger partial charge is 0.309 e. The highest BCUT2D eigenvalue weighted by Gasteiger charge is 2.38. The number of benzene rings is 8. The number of para-hydroxylation sites is 1. The van der Waals surface area contributed by atoms with Crippen LogP contribution < -0.4 is 9.80 Å². The monoisotopic (exact) mass is 672 g/mol. The van der Waals surface area contributed by atoms with Crippen LogP contribution in [0.1, 0.15) is 25.0 Å². The van der Waals surface area contributed by atoms with Gasteiger partial charge in [0.1, 0.15) is 5.82 Å². The molecule has 0 amide bonds. The Morgan fingerprint density at radius 3 is 1.83 bits per heavy atom. The molecule has 0 radical (unpaired) electrons. The number of hydrogen-bond acceptors (Lipinski definition) is 4. The molecular weight excluding hydrogens is 640 g/mol. The maximum absolute atomic E-state index is 14.5. The minimum absolute atomic E-state index is 0.163. The van der Waals surface area contributed by atoms with E-state index in [0.29, 0.717) is 0 Å². The highest BCUT2D eigenvalue weighted by atomic mass is 19.1. The molecule has 0 atom stereocenters. The Hall–Kier alpha value is -6.59. The van der Waals surface area contributed by atoms with Crippen molar-refractivity contribution in [2.24, 2.45) is 0 Å². The summed E-state index contributed by atoms with van der Waals surface area (Å²) in [6.07, 6.45) is 5.24. The topological polar surface area (TPSA) is 32.3 Å². The molecule has 0 unspecified atom stereocenters. The first-order valence-electron chi connectivity index (χ1n) is 17.6. The summed E-state index contributed by atoms with van der Waals surface area (Å²) in [5.74, 6) is 0.482. The van der Waals surface area contributed by atoms with Crippen LogP contribution in [0.5, 0.6) is 0 Å². The Morgan fingerprint density at radius 2 is 1.13 bits per heavy atom. The second-order valence-electron chi connectivity index (χ2n) is 14.0. The van der Waals surface area contributed by atoms with Gasteiger partial charge in [-0.15, -0.1) is 0 Å². The first-order chi connectivity index (χ1) is 25.5. The molecule has 0 fully saturated rings. The number of aromatic nitrogens is 2. The van der Waals surface area contributed by atoms with Crippen LogP contribution in [0.4, 0.5) is 38.6 Å². The predicted molar refractivity (Wildman–Crippen MR) is 213 cm³/mol. The molecular formula is C47H33FN4. The molecule has 4 nitrogen and oxygen atoms in total. The lowest BCUT2D eigenvalue weighted by Crippen LogP contribution is -2.16. The van der Waals surface area contributed by atoms with E-state index in [2.05, 4.69) is 132 Å². The molecule has 5 heteroatoms. The first-order valence-corrected chi connectivity index (χ1v) is 17.6. The zero-order valence-electron chi connectivity index (χ0n) is 28.8. The molecule has 0 aliphatic heterocycles. The molecule has 52 heavy (non-hydrogen) atoms. The van der Waals surface area contributed by atoms with E-state index in [1.165, 1.54) is 33.0 Å². The third-order valence-electron chi connectivity index (χ3n) is 10.8. The number of rotatable bonds is 6. The molecule has 9 aromatic rings. The molecule has 1 aliphatic rings. The Morgan fingerprint density at radius 1 is 0.519 bits per heavy atom. The summed E-state index contributed by atoms with van der Waals surface area (Å²) in [6.45, 7) is 4.61. The molecule has 1 heterocycles. The van der Waals surface area contributed by atoms with Crippen molar-refractivity contribution in [1.29, 1.82) is 0 Å². The number of hydrogen-bond donors (Lipinski definition) is 0. The van der Waals surface area contributed by atoms with E-state index < -0.39 is 0 Å². The van der Waals surface area contributed by atoms with Gasteiger partial charge in [0, 0.05) is 45.5 Å². The van der Waals surface area contributed by atoms with Gasteiger partial charge in [-0.2, -0.15) is 0 Å². The Balaban J connectivity index is 1.26. The van der Waals surface area contributed by atoms with E-state index in [1.54, 1.807) is 30.7 Å². The molecule has 10 rings (SSSR count). The van der Waals surface area contributed by atoms with Crippen LogP contribution in [0.15, 0.2) is 164 Å². The lowest BCUT2D eigenvalue weighted by Gasteiger charge is -2.30. The third-order valence-corrected chi connectivity index (χ3v) is 10.8. The van der Waals surface area contributed by atoms with E-state index in [-0.39, 0.29) is 11.2 Å². The first kappa shape index (κ1) is 30.3. The van der Waals surface area contributed by atoms with Crippen molar-refractivity contribution in [3.63, 3.8) is 0 Å².